The van der Waals surface area contributed by atoms with Crippen molar-refractivity contribution in [2.24, 2.45) is 17.6 Å². The number of aliphatic hydroxyl groups excluding tert-OH is 1. The van der Waals surface area contributed by atoms with Crippen LogP contribution < -0.4 is 10.6 Å². The quantitative estimate of drug-likeness (QED) is 0.405. The Labute approximate surface area is 198 Å². The van der Waals surface area contributed by atoms with Gasteiger partial charge in [0.2, 0.25) is 0 Å². The number of benzene rings is 2. The van der Waals surface area contributed by atoms with Crippen LogP contribution in [0.2, 0.25) is 0 Å². The number of H-pyrrole nitrogens is 1. The Morgan fingerprint density at radius 3 is 2.60 bits per heavy atom. The van der Waals surface area contributed by atoms with Gasteiger partial charge in [0.15, 0.2) is 5.65 Å². The van der Waals surface area contributed by atoms with Gasteiger partial charge in [0.1, 0.15) is 34.5 Å². The monoisotopic (exact) mass is 480 g/mol. The first-order chi connectivity index (χ1) is 17.0. The fourth-order valence-electron chi connectivity index (χ4n) is 5.87. The first kappa shape index (κ1) is 22.0. The average molecular weight is 480 g/mol. The first-order valence-electron chi connectivity index (χ1n) is 11.5. The number of piperidine rings is 1. The van der Waals surface area contributed by atoms with Gasteiger partial charge in [-0.2, -0.15) is 5.10 Å². The molecule has 7 nitrogen and oxygen atoms in total. The van der Waals surface area contributed by atoms with Gasteiger partial charge < -0.3 is 15.7 Å². The number of aromatic amines is 1. The van der Waals surface area contributed by atoms with Crippen molar-refractivity contribution in [3.8, 4) is 11.3 Å². The Kier molecular flexibility index (Phi) is 5.05. The number of aliphatic hydroxyl groups is 1. The van der Waals surface area contributed by atoms with E-state index in [1.54, 1.807) is 12.3 Å². The van der Waals surface area contributed by atoms with E-state index in [0.717, 1.165) is 25.1 Å². The lowest BCUT2D eigenvalue weighted by Gasteiger charge is -2.26. The van der Waals surface area contributed by atoms with Crippen LogP contribution in [0.25, 0.3) is 22.4 Å². The maximum absolute atomic E-state index is 14.6. The minimum absolute atomic E-state index is 0.196. The Morgan fingerprint density at radius 1 is 1.11 bits per heavy atom. The van der Waals surface area contributed by atoms with Crippen molar-refractivity contribution < 1.29 is 18.3 Å². The summed E-state index contributed by atoms with van der Waals surface area (Å²) in [6, 6.07) is 9.09. The third kappa shape index (κ3) is 3.24. The largest absolute Gasteiger partial charge is 0.391 e. The molecule has 6 rings (SSSR count). The molecule has 2 fully saturated rings. The highest BCUT2D eigenvalue weighted by Gasteiger charge is 2.66. The molecule has 3 atom stereocenters. The number of halogens is 3. The van der Waals surface area contributed by atoms with Crippen molar-refractivity contribution in [3.05, 3.63) is 71.2 Å². The lowest BCUT2D eigenvalue weighted by atomic mass is 9.91. The molecule has 180 valence electrons. The number of fused-ring (bicyclic) bond motifs is 2. The number of rotatable bonds is 5. The zero-order chi connectivity index (χ0) is 24.3. The SMILES string of the molecule is NC[C@]1(c2ccccc2F)[C@@H]2CCN(c3cnc4c(-c5cc(F)c(CO)c(F)c5)n[nH]c4n3)C[C@@H]21. The van der Waals surface area contributed by atoms with E-state index in [9.17, 15) is 13.2 Å². The Morgan fingerprint density at radius 2 is 1.89 bits per heavy atom. The van der Waals surface area contributed by atoms with Gasteiger partial charge in [-0.15, -0.1) is 0 Å². The number of nitrogens with two attached hydrogens (primary N) is 1. The van der Waals surface area contributed by atoms with E-state index in [0.29, 0.717) is 41.6 Å². The minimum atomic E-state index is -0.853. The maximum Gasteiger partial charge on any atom is 0.177 e. The van der Waals surface area contributed by atoms with E-state index in [1.807, 2.05) is 12.1 Å². The highest BCUT2D eigenvalue weighted by Crippen LogP contribution is 2.63. The van der Waals surface area contributed by atoms with Crippen molar-refractivity contribution in [2.75, 3.05) is 24.5 Å². The van der Waals surface area contributed by atoms with Gasteiger partial charge in [-0.3, -0.25) is 5.10 Å². The van der Waals surface area contributed by atoms with Gasteiger partial charge in [-0.1, -0.05) is 18.2 Å². The summed E-state index contributed by atoms with van der Waals surface area (Å²) in [6.07, 6.45) is 2.48. The number of hydrogen-bond acceptors (Lipinski definition) is 6. The van der Waals surface area contributed by atoms with Crippen LogP contribution in [0.5, 0.6) is 0 Å². The van der Waals surface area contributed by atoms with Crippen molar-refractivity contribution in [3.63, 3.8) is 0 Å². The summed E-state index contributed by atoms with van der Waals surface area (Å²) in [5.41, 5.74) is 7.35. The fourth-order valence-corrected chi connectivity index (χ4v) is 5.87. The molecule has 1 aliphatic heterocycles. The molecule has 35 heavy (non-hydrogen) atoms. The topological polar surface area (TPSA) is 104 Å². The average Bonchev–Trinajstić information content (AvgIpc) is 3.31. The molecule has 1 saturated heterocycles. The molecule has 2 aromatic carbocycles. The Bertz CT molecular complexity index is 1420. The van der Waals surface area contributed by atoms with Gasteiger partial charge in [0, 0.05) is 36.2 Å². The van der Waals surface area contributed by atoms with Gasteiger partial charge in [0.25, 0.3) is 0 Å². The third-order valence-corrected chi connectivity index (χ3v) is 7.69. The number of aromatic nitrogens is 4. The summed E-state index contributed by atoms with van der Waals surface area (Å²) >= 11 is 0. The summed E-state index contributed by atoms with van der Waals surface area (Å²) in [5.74, 6) is -0.746. The molecule has 10 heteroatoms. The molecular formula is C25H23F3N6O. The van der Waals surface area contributed by atoms with Crippen LogP contribution in [0.15, 0.2) is 42.6 Å². The zero-order valence-electron chi connectivity index (χ0n) is 18.7. The predicted octanol–water partition coefficient (Wildman–Crippen LogP) is 3.28. The van der Waals surface area contributed by atoms with E-state index >= 15 is 0 Å². The van der Waals surface area contributed by atoms with Crippen LogP contribution in [-0.4, -0.2) is 44.9 Å². The molecule has 4 N–H and O–H groups in total. The first-order valence-corrected chi connectivity index (χ1v) is 11.5. The van der Waals surface area contributed by atoms with Gasteiger partial charge in [-0.25, -0.2) is 23.1 Å². The maximum atomic E-state index is 14.6. The van der Waals surface area contributed by atoms with Crippen LogP contribution in [0.3, 0.4) is 0 Å². The number of nitrogens with one attached hydrogen (secondary N) is 1. The molecular weight excluding hydrogens is 457 g/mol. The third-order valence-electron chi connectivity index (χ3n) is 7.69. The molecule has 0 bridgehead atoms. The second kappa shape index (κ2) is 8.03. The van der Waals surface area contributed by atoms with Crippen molar-refractivity contribution in [1.29, 1.82) is 0 Å². The van der Waals surface area contributed by atoms with Gasteiger partial charge in [-0.05, 0) is 42.0 Å². The predicted molar refractivity (Wildman–Crippen MR) is 124 cm³/mol. The van der Waals surface area contributed by atoms with E-state index in [4.69, 9.17) is 10.8 Å². The van der Waals surface area contributed by atoms with Crippen LogP contribution in [0, 0.1) is 29.3 Å². The highest BCUT2D eigenvalue weighted by atomic mass is 19.1. The van der Waals surface area contributed by atoms with Crippen molar-refractivity contribution in [2.45, 2.75) is 18.4 Å². The molecule has 2 aliphatic rings. The molecule has 1 aliphatic carbocycles. The number of anilines is 1. The van der Waals surface area contributed by atoms with Crippen LogP contribution in [0.1, 0.15) is 17.5 Å². The molecule has 0 unspecified atom stereocenters. The molecule has 0 radical (unpaired) electrons. The summed E-state index contributed by atoms with van der Waals surface area (Å²) in [6.45, 7) is 1.06. The zero-order valence-corrected chi connectivity index (χ0v) is 18.7. The van der Waals surface area contributed by atoms with E-state index in [2.05, 4.69) is 25.1 Å². The summed E-state index contributed by atoms with van der Waals surface area (Å²) in [7, 11) is 0. The van der Waals surface area contributed by atoms with E-state index in [1.165, 1.54) is 6.07 Å². The molecule has 0 spiro atoms. The minimum Gasteiger partial charge on any atom is -0.391 e. The van der Waals surface area contributed by atoms with Crippen LogP contribution in [0.4, 0.5) is 19.0 Å². The highest BCUT2D eigenvalue weighted by molar-refractivity contribution is 5.88. The Hall–Kier alpha value is -3.50. The smallest absolute Gasteiger partial charge is 0.177 e. The number of nitrogens with zero attached hydrogens (tertiary/aromatic N) is 4. The summed E-state index contributed by atoms with van der Waals surface area (Å²) < 4.78 is 43.0. The van der Waals surface area contributed by atoms with E-state index in [-0.39, 0.29) is 28.4 Å². The van der Waals surface area contributed by atoms with Crippen LogP contribution in [-0.2, 0) is 12.0 Å². The molecule has 4 aromatic rings. The molecule has 0 amide bonds. The van der Waals surface area contributed by atoms with Gasteiger partial charge in [0.05, 0.1) is 12.8 Å². The van der Waals surface area contributed by atoms with Crippen molar-refractivity contribution >= 4 is 17.0 Å². The summed E-state index contributed by atoms with van der Waals surface area (Å²) in [4.78, 5) is 11.3. The molecule has 3 heterocycles. The second-order valence-electron chi connectivity index (χ2n) is 9.25. The lowest BCUT2D eigenvalue weighted by molar-refractivity contribution is 0.269. The number of hydrogen-bond donors (Lipinski definition) is 3. The normalized spacial score (nSPS) is 23.5. The fraction of sp³-hybridized carbons (Fsp3) is 0.320. The van der Waals surface area contributed by atoms with Gasteiger partial charge >= 0.3 is 0 Å². The lowest BCUT2D eigenvalue weighted by Crippen LogP contribution is -2.32. The standard InChI is InChI=1S/C25H23F3N6O/c26-18-4-2-1-3-16(18)25(12-29)15-5-6-34(10-17(15)25)21-9-30-23-22(32-33-24(23)31-21)13-7-19(27)14(11-35)20(28)8-13/h1-4,7-9,15,17,35H,5-6,10-12,29H2,(H,31,32,33)/t15-,17+,25-/m1/s1. The summed E-state index contributed by atoms with van der Waals surface area (Å²) in [5, 5.41) is 16.1. The molecule has 2 aromatic heterocycles. The van der Waals surface area contributed by atoms with E-state index < -0.39 is 23.8 Å². The second-order valence-corrected chi connectivity index (χ2v) is 9.25. The van der Waals surface area contributed by atoms with Crippen molar-refractivity contribution in [1.82, 2.24) is 20.2 Å². The van der Waals surface area contributed by atoms with Crippen LogP contribution >= 0.6 is 0 Å². The molecule has 1 saturated carbocycles. The Balaban J connectivity index is 1.29.